The summed E-state index contributed by atoms with van der Waals surface area (Å²) in [6, 6.07) is 7.26. The summed E-state index contributed by atoms with van der Waals surface area (Å²) in [5.41, 5.74) is 1.19. The molecule has 0 aliphatic carbocycles. The second-order valence-electron chi connectivity index (χ2n) is 4.87. The largest absolute Gasteiger partial charge is 0.355 e. The van der Waals surface area contributed by atoms with E-state index in [2.05, 4.69) is 20.7 Å². The Morgan fingerprint density at radius 1 is 1.43 bits per heavy atom. The van der Waals surface area contributed by atoms with E-state index in [0.29, 0.717) is 17.5 Å². The summed E-state index contributed by atoms with van der Waals surface area (Å²) in [6.45, 7) is 4.09. The molecule has 7 heteroatoms. The molecular weight excluding hydrogens is 288 g/mol. The van der Waals surface area contributed by atoms with E-state index in [4.69, 9.17) is 4.52 Å². The molecule has 3 aromatic heterocycles. The number of amides is 1. The minimum Gasteiger partial charge on any atom is -0.355 e. The molecule has 1 amide bonds. The first kappa shape index (κ1) is 13.6. The molecule has 0 bridgehead atoms. The van der Waals surface area contributed by atoms with Crippen LogP contribution >= 0.6 is 11.3 Å². The molecule has 0 saturated heterocycles. The molecule has 0 aromatic carbocycles. The van der Waals surface area contributed by atoms with Crippen LogP contribution in [-0.4, -0.2) is 21.3 Å². The van der Waals surface area contributed by atoms with E-state index in [-0.39, 0.29) is 11.6 Å². The van der Waals surface area contributed by atoms with E-state index in [9.17, 15) is 4.79 Å². The second-order valence-corrected chi connectivity index (χ2v) is 5.82. The fourth-order valence-corrected chi connectivity index (χ4v) is 2.47. The van der Waals surface area contributed by atoms with Crippen LogP contribution < -0.4 is 5.32 Å². The van der Waals surface area contributed by atoms with Crippen LogP contribution in [0.15, 0.2) is 34.2 Å². The predicted octanol–water partition coefficient (Wildman–Crippen LogP) is 3.50. The second kappa shape index (κ2) is 5.53. The van der Waals surface area contributed by atoms with Crippen molar-refractivity contribution < 1.29 is 9.32 Å². The lowest BCUT2D eigenvalue weighted by molar-refractivity contribution is 0.101. The summed E-state index contributed by atoms with van der Waals surface area (Å²) in [4.78, 5) is 13.0. The summed E-state index contributed by atoms with van der Waals surface area (Å²) in [5, 5.41) is 15.4. The molecule has 3 heterocycles. The highest BCUT2D eigenvalue weighted by atomic mass is 32.1. The first-order valence-corrected chi connectivity index (χ1v) is 7.38. The van der Waals surface area contributed by atoms with Crippen LogP contribution in [0, 0.1) is 0 Å². The van der Waals surface area contributed by atoms with E-state index in [1.807, 2.05) is 37.4 Å². The number of thiophene rings is 1. The van der Waals surface area contributed by atoms with E-state index in [0.717, 1.165) is 10.6 Å². The highest BCUT2D eigenvalue weighted by Gasteiger charge is 2.15. The highest BCUT2D eigenvalue weighted by molar-refractivity contribution is 7.13. The minimum absolute atomic E-state index is 0.229. The zero-order valence-corrected chi connectivity index (χ0v) is 12.4. The van der Waals surface area contributed by atoms with Gasteiger partial charge in [-0.2, -0.15) is 5.10 Å². The number of carbonyl (C=O) groups excluding carboxylic acids is 1. The summed E-state index contributed by atoms with van der Waals surface area (Å²) in [5.74, 6) is 1.04. The maximum Gasteiger partial charge on any atom is 0.279 e. The predicted molar refractivity (Wildman–Crippen MR) is 80.4 cm³/mol. The number of hydrogen-bond acceptors (Lipinski definition) is 5. The Labute approximate surface area is 125 Å². The van der Waals surface area contributed by atoms with Gasteiger partial charge in [-0.1, -0.05) is 25.1 Å². The zero-order chi connectivity index (χ0) is 14.8. The highest BCUT2D eigenvalue weighted by Crippen LogP contribution is 2.25. The quantitative estimate of drug-likeness (QED) is 0.772. The Balaban J connectivity index is 1.73. The number of nitrogens with one attached hydrogen (secondary N) is 2. The average molecular weight is 302 g/mol. The van der Waals surface area contributed by atoms with Gasteiger partial charge in [-0.3, -0.25) is 9.89 Å². The molecule has 0 spiro atoms. The normalized spacial score (nSPS) is 11.0. The van der Waals surface area contributed by atoms with E-state index in [1.165, 1.54) is 11.3 Å². The van der Waals surface area contributed by atoms with Crippen molar-refractivity contribution in [1.29, 1.82) is 0 Å². The number of carbonyl (C=O) groups is 1. The monoisotopic (exact) mass is 302 g/mol. The lowest BCUT2D eigenvalue weighted by Gasteiger charge is -1.97. The third kappa shape index (κ3) is 2.87. The molecule has 0 aliphatic rings. The van der Waals surface area contributed by atoms with Crippen LogP contribution in [0.2, 0.25) is 0 Å². The zero-order valence-electron chi connectivity index (χ0n) is 11.6. The molecule has 0 fully saturated rings. The van der Waals surface area contributed by atoms with Gasteiger partial charge >= 0.3 is 0 Å². The fourth-order valence-electron chi connectivity index (χ4n) is 1.79. The average Bonchev–Trinajstić information content (AvgIpc) is 3.19. The van der Waals surface area contributed by atoms with Crippen molar-refractivity contribution in [3.8, 4) is 10.6 Å². The van der Waals surface area contributed by atoms with Gasteiger partial charge in [-0.25, -0.2) is 0 Å². The maximum absolute atomic E-state index is 12.1. The van der Waals surface area contributed by atoms with E-state index < -0.39 is 0 Å². The van der Waals surface area contributed by atoms with Crippen LogP contribution in [0.25, 0.3) is 10.6 Å². The molecule has 0 unspecified atom stereocenters. The van der Waals surface area contributed by atoms with Crippen molar-refractivity contribution in [2.45, 2.75) is 19.8 Å². The van der Waals surface area contributed by atoms with Gasteiger partial charge in [0.15, 0.2) is 17.3 Å². The van der Waals surface area contributed by atoms with Gasteiger partial charge in [-0.05, 0) is 17.4 Å². The van der Waals surface area contributed by atoms with Crippen LogP contribution in [0.1, 0.15) is 35.9 Å². The van der Waals surface area contributed by atoms with E-state index >= 15 is 0 Å². The first-order valence-electron chi connectivity index (χ1n) is 6.50. The minimum atomic E-state index is -0.344. The molecule has 0 radical (unpaired) electrons. The molecule has 6 nitrogen and oxygen atoms in total. The standard InChI is InChI=1S/C14H14N4O2S/c1-8(2)9-7-13(17-16-9)15-14(19)10-6-11(20-18-10)12-4-3-5-21-12/h3-8H,1-2H3,(H2,15,16,17,19). The number of rotatable bonds is 4. The molecule has 0 aliphatic heterocycles. The third-order valence-corrected chi connectivity index (χ3v) is 3.85. The lowest BCUT2D eigenvalue weighted by atomic mass is 10.1. The number of hydrogen-bond donors (Lipinski definition) is 2. The summed E-state index contributed by atoms with van der Waals surface area (Å²) in [7, 11) is 0. The Kier molecular flexibility index (Phi) is 3.57. The molecule has 21 heavy (non-hydrogen) atoms. The van der Waals surface area contributed by atoms with Crippen LogP contribution in [0.5, 0.6) is 0 Å². The Morgan fingerprint density at radius 3 is 2.95 bits per heavy atom. The van der Waals surface area contributed by atoms with Crippen LogP contribution in [0.3, 0.4) is 0 Å². The van der Waals surface area contributed by atoms with E-state index in [1.54, 1.807) is 6.07 Å². The molecule has 0 saturated carbocycles. The van der Waals surface area contributed by atoms with Crippen molar-refractivity contribution in [3.63, 3.8) is 0 Å². The number of nitrogens with zero attached hydrogens (tertiary/aromatic N) is 2. The molecule has 2 N–H and O–H groups in total. The number of aromatic nitrogens is 3. The van der Waals surface area contributed by atoms with Crippen molar-refractivity contribution in [3.05, 3.63) is 41.0 Å². The van der Waals surface area contributed by atoms with Crippen LogP contribution in [0.4, 0.5) is 5.82 Å². The molecular formula is C14H14N4O2S. The van der Waals surface area contributed by atoms with Crippen LogP contribution in [-0.2, 0) is 0 Å². The topological polar surface area (TPSA) is 83.8 Å². The summed E-state index contributed by atoms with van der Waals surface area (Å²) < 4.78 is 5.18. The van der Waals surface area contributed by atoms with Gasteiger partial charge in [0, 0.05) is 17.8 Å². The molecule has 108 valence electrons. The Hall–Kier alpha value is -2.41. The summed E-state index contributed by atoms with van der Waals surface area (Å²) >= 11 is 1.53. The van der Waals surface area contributed by atoms with Crippen molar-refractivity contribution >= 4 is 23.1 Å². The SMILES string of the molecule is CC(C)c1cc(NC(=O)c2cc(-c3cccs3)on2)n[nH]1. The van der Waals surface area contributed by atoms with Crippen molar-refractivity contribution in [2.75, 3.05) is 5.32 Å². The third-order valence-electron chi connectivity index (χ3n) is 2.97. The van der Waals surface area contributed by atoms with Gasteiger partial charge in [0.05, 0.1) is 4.88 Å². The van der Waals surface area contributed by atoms with Gasteiger partial charge in [0.2, 0.25) is 0 Å². The van der Waals surface area contributed by atoms with Crippen molar-refractivity contribution in [2.24, 2.45) is 0 Å². The lowest BCUT2D eigenvalue weighted by Crippen LogP contribution is -2.12. The van der Waals surface area contributed by atoms with Gasteiger partial charge in [-0.15, -0.1) is 11.3 Å². The maximum atomic E-state index is 12.1. The van der Waals surface area contributed by atoms with Gasteiger partial charge < -0.3 is 9.84 Å². The summed E-state index contributed by atoms with van der Waals surface area (Å²) in [6.07, 6.45) is 0. The number of anilines is 1. The smallest absolute Gasteiger partial charge is 0.279 e. The van der Waals surface area contributed by atoms with Gasteiger partial charge in [0.1, 0.15) is 0 Å². The molecule has 0 atom stereocenters. The number of aromatic amines is 1. The Morgan fingerprint density at radius 2 is 2.29 bits per heavy atom. The van der Waals surface area contributed by atoms with Gasteiger partial charge in [0.25, 0.3) is 5.91 Å². The molecule has 3 rings (SSSR count). The Bertz CT molecular complexity index is 743. The fraction of sp³-hybridized carbons (Fsp3) is 0.214. The van der Waals surface area contributed by atoms with Crippen molar-refractivity contribution in [1.82, 2.24) is 15.4 Å². The number of H-pyrrole nitrogens is 1. The first-order chi connectivity index (χ1) is 10.1. The molecule has 3 aromatic rings.